The van der Waals surface area contributed by atoms with Crippen LogP contribution in [0.1, 0.15) is 30.7 Å². The molecule has 0 aliphatic carbocycles. The number of hydrogen-bond acceptors (Lipinski definition) is 2. The van der Waals surface area contributed by atoms with Crippen molar-refractivity contribution >= 4 is 10.9 Å². The molecule has 90 valence electrons. The predicted octanol–water partition coefficient (Wildman–Crippen LogP) is 3.09. The summed E-state index contributed by atoms with van der Waals surface area (Å²) in [5, 5.41) is 1.20. The molecule has 0 saturated carbocycles. The van der Waals surface area contributed by atoms with E-state index in [4.69, 9.17) is 10.7 Å². The van der Waals surface area contributed by atoms with Crippen molar-refractivity contribution in [2.45, 2.75) is 33.1 Å². The molecule has 1 heterocycles. The molecule has 1 aromatic carbocycles. The van der Waals surface area contributed by atoms with Crippen molar-refractivity contribution in [3.8, 4) is 0 Å². The third kappa shape index (κ3) is 2.18. The molecule has 0 bridgehead atoms. The molecule has 2 heteroatoms. The maximum Gasteiger partial charge on any atom is 0.0708 e. The van der Waals surface area contributed by atoms with E-state index in [1.807, 2.05) is 0 Å². The molecule has 0 aliphatic heterocycles. The van der Waals surface area contributed by atoms with Crippen molar-refractivity contribution in [1.82, 2.24) is 4.98 Å². The summed E-state index contributed by atoms with van der Waals surface area (Å²) in [4.78, 5) is 4.80. The second-order valence-corrected chi connectivity index (χ2v) is 5.44. The number of nitrogens with zero attached hydrogens (tertiary/aromatic N) is 1. The molecule has 2 N–H and O–H groups in total. The second kappa shape index (κ2) is 4.11. The Morgan fingerprint density at radius 2 is 1.88 bits per heavy atom. The summed E-state index contributed by atoms with van der Waals surface area (Å²) in [6, 6.07) is 8.58. The van der Waals surface area contributed by atoms with E-state index < -0.39 is 0 Å². The summed E-state index contributed by atoms with van der Waals surface area (Å²) in [6.07, 6.45) is 0. The number of nitrogens with two attached hydrogens (primary N) is 1. The summed E-state index contributed by atoms with van der Waals surface area (Å²) in [6.45, 7) is 9.10. The van der Waals surface area contributed by atoms with E-state index in [1.165, 1.54) is 16.5 Å². The highest BCUT2D eigenvalue weighted by molar-refractivity contribution is 5.80. The minimum absolute atomic E-state index is 0.0674. The Hall–Kier alpha value is -1.41. The van der Waals surface area contributed by atoms with E-state index in [0.717, 1.165) is 11.2 Å². The van der Waals surface area contributed by atoms with Crippen LogP contribution in [-0.4, -0.2) is 11.5 Å². The maximum atomic E-state index is 5.84. The largest absolute Gasteiger partial charge is 0.330 e. The highest BCUT2D eigenvalue weighted by Crippen LogP contribution is 2.26. The third-order valence-corrected chi connectivity index (χ3v) is 3.32. The van der Waals surface area contributed by atoms with Gasteiger partial charge in [0.25, 0.3) is 0 Å². The zero-order chi connectivity index (χ0) is 12.6. The first-order valence-corrected chi connectivity index (χ1v) is 6.02. The van der Waals surface area contributed by atoms with Gasteiger partial charge in [-0.2, -0.15) is 0 Å². The molecule has 2 rings (SSSR count). The molecule has 17 heavy (non-hydrogen) atoms. The van der Waals surface area contributed by atoms with Crippen LogP contribution in [0.5, 0.6) is 0 Å². The molecule has 0 aliphatic rings. The molecule has 0 amide bonds. The molecule has 2 aromatic rings. The number of aryl methyl sites for hydroxylation is 2. The number of benzene rings is 1. The van der Waals surface area contributed by atoms with Crippen LogP contribution < -0.4 is 5.73 Å². The van der Waals surface area contributed by atoms with E-state index >= 15 is 0 Å². The smallest absolute Gasteiger partial charge is 0.0708 e. The third-order valence-electron chi connectivity index (χ3n) is 3.32. The summed E-state index contributed by atoms with van der Waals surface area (Å²) >= 11 is 0. The standard InChI is InChI=1S/C15H20N2/c1-10-5-6-12-8-11(2)14(15(3,4)9-16)17-13(12)7-10/h5-8H,9,16H2,1-4H3. The fraction of sp³-hybridized carbons (Fsp3) is 0.400. The zero-order valence-corrected chi connectivity index (χ0v) is 11.0. The fourth-order valence-electron chi connectivity index (χ4n) is 2.16. The van der Waals surface area contributed by atoms with Gasteiger partial charge in [-0.25, -0.2) is 0 Å². The average molecular weight is 228 g/mol. The molecule has 2 nitrogen and oxygen atoms in total. The first-order chi connectivity index (χ1) is 7.94. The van der Waals surface area contributed by atoms with Crippen LogP contribution in [0.4, 0.5) is 0 Å². The van der Waals surface area contributed by atoms with Crippen LogP contribution in [0.2, 0.25) is 0 Å². The van der Waals surface area contributed by atoms with Gasteiger partial charge in [-0.15, -0.1) is 0 Å². The minimum Gasteiger partial charge on any atom is -0.330 e. The number of pyridine rings is 1. The molecule has 0 fully saturated rings. The Bertz CT molecular complexity index is 556. The Labute approximate surface area is 103 Å². The van der Waals surface area contributed by atoms with Crippen LogP contribution in [0.25, 0.3) is 10.9 Å². The van der Waals surface area contributed by atoms with Gasteiger partial charge in [0.2, 0.25) is 0 Å². The van der Waals surface area contributed by atoms with E-state index in [0.29, 0.717) is 6.54 Å². The first-order valence-electron chi connectivity index (χ1n) is 6.02. The van der Waals surface area contributed by atoms with Crippen LogP contribution >= 0.6 is 0 Å². The number of aromatic nitrogens is 1. The van der Waals surface area contributed by atoms with Gasteiger partial charge in [-0.1, -0.05) is 26.0 Å². The lowest BCUT2D eigenvalue weighted by molar-refractivity contribution is 0.520. The van der Waals surface area contributed by atoms with Crippen molar-refractivity contribution in [3.05, 3.63) is 41.1 Å². The molecular weight excluding hydrogens is 208 g/mol. The van der Waals surface area contributed by atoms with E-state index in [1.54, 1.807) is 0 Å². The maximum absolute atomic E-state index is 5.84. The van der Waals surface area contributed by atoms with Gasteiger partial charge in [-0.05, 0) is 37.1 Å². The van der Waals surface area contributed by atoms with Crippen molar-refractivity contribution in [2.24, 2.45) is 5.73 Å². The lowest BCUT2D eigenvalue weighted by Gasteiger charge is -2.24. The van der Waals surface area contributed by atoms with E-state index in [2.05, 4.69) is 52.0 Å². The Balaban J connectivity index is 2.69. The van der Waals surface area contributed by atoms with Gasteiger partial charge in [0.1, 0.15) is 0 Å². The second-order valence-electron chi connectivity index (χ2n) is 5.44. The zero-order valence-electron chi connectivity index (χ0n) is 11.0. The van der Waals surface area contributed by atoms with E-state index in [9.17, 15) is 0 Å². The minimum atomic E-state index is -0.0674. The normalized spacial score (nSPS) is 12.1. The fourth-order valence-corrected chi connectivity index (χ4v) is 2.16. The molecule has 0 unspecified atom stereocenters. The lowest BCUT2D eigenvalue weighted by Crippen LogP contribution is -2.30. The van der Waals surface area contributed by atoms with Crippen LogP contribution in [0.15, 0.2) is 24.3 Å². The van der Waals surface area contributed by atoms with Crippen molar-refractivity contribution in [1.29, 1.82) is 0 Å². The van der Waals surface area contributed by atoms with Crippen LogP contribution in [-0.2, 0) is 5.41 Å². The van der Waals surface area contributed by atoms with Gasteiger partial charge < -0.3 is 5.73 Å². The summed E-state index contributed by atoms with van der Waals surface area (Å²) in [7, 11) is 0. The van der Waals surface area contributed by atoms with Crippen LogP contribution in [0, 0.1) is 13.8 Å². The molecule has 0 atom stereocenters. The number of fused-ring (bicyclic) bond motifs is 1. The predicted molar refractivity (Wildman–Crippen MR) is 73.3 cm³/mol. The Morgan fingerprint density at radius 3 is 2.53 bits per heavy atom. The van der Waals surface area contributed by atoms with Crippen molar-refractivity contribution in [3.63, 3.8) is 0 Å². The van der Waals surface area contributed by atoms with Gasteiger partial charge in [0.15, 0.2) is 0 Å². The number of hydrogen-bond donors (Lipinski definition) is 1. The van der Waals surface area contributed by atoms with Gasteiger partial charge in [0.05, 0.1) is 11.2 Å². The van der Waals surface area contributed by atoms with Crippen LogP contribution in [0.3, 0.4) is 0 Å². The van der Waals surface area contributed by atoms with Gasteiger partial charge >= 0.3 is 0 Å². The monoisotopic (exact) mass is 228 g/mol. The number of rotatable bonds is 2. The van der Waals surface area contributed by atoms with E-state index in [-0.39, 0.29) is 5.41 Å². The quantitative estimate of drug-likeness (QED) is 0.858. The van der Waals surface area contributed by atoms with Crippen molar-refractivity contribution in [2.75, 3.05) is 6.54 Å². The summed E-state index contributed by atoms with van der Waals surface area (Å²) in [5.41, 5.74) is 10.4. The topological polar surface area (TPSA) is 38.9 Å². The van der Waals surface area contributed by atoms with Gasteiger partial charge in [0, 0.05) is 17.3 Å². The summed E-state index contributed by atoms with van der Waals surface area (Å²) < 4.78 is 0. The van der Waals surface area contributed by atoms with Gasteiger partial charge in [-0.3, -0.25) is 4.98 Å². The highest BCUT2D eigenvalue weighted by Gasteiger charge is 2.22. The average Bonchev–Trinajstić information content (AvgIpc) is 2.28. The molecule has 0 saturated heterocycles. The molecule has 1 aromatic heterocycles. The molecular formula is C15H20N2. The SMILES string of the molecule is Cc1ccc2cc(C)c(C(C)(C)CN)nc2c1. The highest BCUT2D eigenvalue weighted by atomic mass is 14.7. The van der Waals surface area contributed by atoms with Crippen molar-refractivity contribution < 1.29 is 0 Å². The molecule has 0 spiro atoms. The first kappa shape index (κ1) is 12.1. The Kier molecular flexibility index (Phi) is 2.92. The lowest BCUT2D eigenvalue weighted by atomic mass is 9.86. The Morgan fingerprint density at radius 1 is 1.18 bits per heavy atom. The summed E-state index contributed by atoms with van der Waals surface area (Å²) in [5.74, 6) is 0. The molecule has 0 radical (unpaired) electrons.